The molecule has 3 heterocycles. The minimum Gasteiger partial charge on any atom is -0.406 e. The molecule has 0 radical (unpaired) electrons. The van der Waals surface area contributed by atoms with E-state index in [9.17, 15) is 13.2 Å². The average Bonchev–Trinajstić information content (AvgIpc) is 3.01. The molecular formula is C16H14F3NO2S. The normalized spacial score (nSPS) is 23.0. The van der Waals surface area contributed by atoms with E-state index in [1.54, 1.807) is 17.4 Å². The third-order valence-corrected chi connectivity index (χ3v) is 5.33. The number of ether oxygens (including phenoxy) is 1. The van der Waals surface area contributed by atoms with Gasteiger partial charge in [-0.1, -0.05) is 0 Å². The Morgan fingerprint density at radius 1 is 1.30 bits per heavy atom. The highest BCUT2D eigenvalue weighted by Crippen LogP contribution is 2.47. The second-order valence-electron chi connectivity index (χ2n) is 5.82. The Labute approximate surface area is 135 Å². The van der Waals surface area contributed by atoms with Gasteiger partial charge >= 0.3 is 6.36 Å². The first-order valence-electron chi connectivity index (χ1n) is 7.29. The Bertz CT molecular complexity index is 743. The molecule has 2 bridgehead atoms. The van der Waals surface area contributed by atoms with Gasteiger partial charge in [0.15, 0.2) is 0 Å². The fourth-order valence-corrected chi connectivity index (χ4v) is 4.31. The van der Waals surface area contributed by atoms with Gasteiger partial charge in [-0.25, -0.2) is 5.06 Å². The van der Waals surface area contributed by atoms with Gasteiger partial charge in [0.1, 0.15) is 5.75 Å². The van der Waals surface area contributed by atoms with Crippen LogP contribution in [0.3, 0.4) is 0 Å². The maximum atomic E-state index is 12.4. The Hall–Kier alpha value is -1.73. The van der Waals surface area contributed by atoms with E-state index >= 15 is 0 Å². The van der Waals surface area contributed by atoms with Gasteiger partial charge in [0.2, 0.25) is 0 Å². The summed E-state index contributed by atoms with van der Waals surface area (Å²) in [4.78, 5) is 7.18. The molecule has 23 heavy (non-hydrogen) atoms. The van der Waals surface area contributed by atoms with Crippen LogP contribution in [0.25, 0.3) is 0 Å². The number of halogens is 3. The number of rotatable bonds is 2. The van der Waals surface area contributed by atoms with E-state index in [0.717, 1.165) is 17.7 Å². The van der Waals surface area contributed by atoms with Crippen LogP contribution >= 0.6 is 11.3 Å². The minimum atomic E-state index is -4.67. The van der Waals surface area contributed by atoms with Crippen LogP contribution in [-0.4, -0.2) is 12.5 Å². The van der Waals surface area contributed by atoms with E-state index in [4.69, 9.17) is 4.84 Å². The zero-order chi connectivity index (χ0) is 16.2. The molecule has 122 valence electrons. The summed E-state index contributed by atoms with van der Waals surface area (Å²) in [6.45, 7) is 2.07. The Balaban J connectivity index is 1.67. The maximum absolute atomic E-state index is 12.4. The zero-order valence-electron chi connectivity index (χ0n) is 12.3. The third-order valence-electron chi connectivity index (χ3n) is 4.21. The SMILES string of the molecule is Cc1ccsc1[C@@H]1C[C@H]2Cc3cc(OC(F)(F)F)ccc3N1O2. The van der Waals surface area contributed by atoms with Crippen molar-refractivity contribution >= 4 is 17.0 Å². The summed E-state index contributed by atoms with van der Waals surface area (Å²) in [7, 11) is 0. The van der Waals surface area contributed by atoms with E-state index in [1.807, 2.05) is 5.06 Å². The molecular weight excluding hydrogens is 327 g/mol. The lowest BCUT2D eigenvalue weighted by Gasteiger charge is -2.30. The van der Waals surface area contributed by atoms with Gasteiger partial charge in [0.25, 0.3) is 0 Å². The standard InChI is InChI=1S/C16H14F3NO2S/c1-9-4-5-23-15(9)14-8-12-7-10-6-11(21-16(17,18)19)2-3-13(10)20(14)22-12/h2-6,12,14H,7-8H2,1H3/t12-,14+/m1/s1. The lowest BCUT2D eigenvalue weighted by molar-refractivity contribution is -0.274. The van der Waals surface area contributed by atoms with Crippen molar-refractivity contribution in [2.24, 2.45) is 0 Å². The van der Waals surface area contributed by atoms with E-state index in [1.165, 1.54) is 22.6 Å². The molecule has 0 N–H and O–H groups in total. The molecule has 0 saturated carbocycles. The summed E-state index contributed by atoms with van der Waals surface area (Å²) in [6, 6.07) is 6.65. The number of hydrogen-bond donors (Lipinski definition) is 0. The van der Waals surface area contributed by atoms with Gasteiger partial charge < -0.3 is 4.74 Å². The molecule has 0 amide bonds. The second-order valence-corrected chi connectivity index (χ2v) is 6.76. The summed E-state index contributed by atoms with van der Waals surface area (Å²) in [6.07, 6.45) is -3.24. The highest BCUT2D eigenvalue weighted by molar-refractivity contribution is 7.10. The molecule has 0 unspecified atom stereocenters. The van der Waals surface area contributed by atoms with Crippen molar-refractivity contribution < 1.29 is 22.7 Å². The number of hydrogen-bond acceptors (Lipinski definition) is 4. The molecule has 3 nitrogen and oxygen atoms in total. The molecule has 2 aliphatic rings. The fraction of sp³-hybridized carbons (Fsp3) is 0.375. The molecule has 0 spiro atoms. The highest BCUT2D eigenvalue weighted by atomic mass is 32.1. The summed E-state index contributed by atoms with van der Waals surface area (Å²) in [5.41, 5.74) is 2.88. The number of aryl methyl sites for hydroxylation is 1. The smallest absolute Gasteiger partial charge is 0.406 e. The predicted octanol–water partition coefficient (Wildman–Crippen LogP) is 4.76. The number of anilines is 1. The molecule has 1 fully saturated rings. The fourth-order valence-electron chi connectivity index (χ4n) is 3.29. The van der Waals surface area contributed by atoms with Crippen LogP contribution in [0, 0.1) is 6.92 Å². The van der Waals surface area contributed by atoms with Crippen molar-refractivity contribution in [3.8, 4) is 5.75 Å². The number of hydroxylamine groups is 1. The average molecular weight is 341 g/mol. The van der Waals surface area contributed by atoms with Crippen LogP contribution in [-0.2, 0) is 11.3 Å². The molecule has 7 heteroatoms. The topological polar surface area (TPSA) is 21.7 Å². The Kier molecular flexibility index (Phi) is 3.32. The van der Waals surface area contributed by atoms with Crippen molar-refractivity contribution in [2.75, 3.05) is 5.06 Å². The predicted molar refractivity (Wildman–Crippen MR) is 80.6 cm³/mol. The van der Waals surface area contributed by atoms with Crippen molar-refractivity contribution in [1.82, 2.24) is 0 Å². The van der Waals surface area contributed by atoms with Crippen molar-refractivity contribution in [3.63, 3.8) is 0 Å². The molecule has 1 aromatic carbocycles. The quantitative estimate of drug-likeness (QED) is 0.786. The number of alkyl halides is 3. The van der Waals surface area contributed by atoms with E-state index in [-0.39, 0.29) is 17.9 Å². The largest absolute Gasteiger partial charge is 0.573 e. The number of nitrogens with zero attached hydrogens (tertiary/aromatic N) is 1. The van der Waals surface area contributed by atoms with Gasteiger partial charge in [0, 0.05) is 17.7 Å². The third kappa shape index (κ3) is 2.68. The number of fused-ring (bicyclic) bond motifs is 4. The van der Waals surface area contributed by atoms with Crippen LogP contribution < -0.4 is 9.80 Å². The highest BCUT2D eigenvalue weighted by Gasteiger charge is 2.41. The van der Waals surface area contributed by atoms with Gasteiger partial charge in [-0.15, -0.1) is 24.5 Å². The minimum absolute atomic E-state index is 0.00450. The first-order valence-corrected chi connectivity index (χ1v) is 8.17. The summed E-state index contributed by atoms with van der Waals surface area (Å²) < 4.78 is 41.1. The summed E-state index contributed by atoms with van der Waals surface area (Å²) in [5, 5.41) is 3.90. The molecule has 2 aromatic rings. The van der Waals surface area contributed by atoms with E-state index < -0.39 is 6.36 Å². The molecule has 1 aromatic heterocycles. The molecule has 4 rings (SSSR count). The van der Waals surface area contributed by atoms with Crippen molar-refractivity contribution in [3.05, 3.63) is 45.6 Å². The second kappa shape index (κ2) is 5.14. The first-order chi connectivity index (χ1) is 10.9. The summed E-state index contributed by atoms with van der Waals surface area (Å²) in [5.74, 6) is -0.178. The lowest BCUT2D eigenvalue weighted by atomic mass is 10.0. The monoisotopic (exact) mass is 341 g/mol. The van der Waals surface area contributed by atoms with Gasteiger partial charge in [-0.3, -0.25) is 4.84 Å². The Morgan fingerprint density at radius 2 is 2.13 bits per heavy atom. The van der Waals surface area contributed by atoms with Crippen LogP contribution in [0.1, 0.15) is 28.5 Å². The van der Waals surface area contributed by atoms with Crippen LogP contribution in [0.5, 0.6) is 5.75 Å². The van der Waals surface area contributed by atoms with Gasteiger partial charge in [-0.2, -0.15) is 0 Å². The zero-order valence-corrected chi connectivity index (χ0v) is 13.1. The van der Waals surface area contributed by atoms with Crippen molar-refractivity contribution in [2.45, 2.75) is 38.3 Å². The summed E-state index contributed by atoms with van der Waals surface area (Å²) >= 11 is 1.69. The van der Waals surface area contributed by atoms with Gasteiger partial charge in [0.05, 0.1) is 17.8 Å². The number of thiophene rings is 1. The van der Waals surface area contributed by atoms with Crippen LogP contribution in [0.2, 0.25) is 0 Å². The Morgan fingerprint density at radius 3 is 2.83 bits per heavy atom. The lowest BCUT2D eigenvalue weighted by Crippen LogP contribution is -2.27. The first kappa shape index (κ1) is 14.8. The number of benzene rings is 1. The van der Waals surface area contributed by atoms with Crippen LogP contribution in [0.4, 0.5) is 18.9 Å². The van der Waals surface area contributed by atoms with Crippen molar-refractivity contribution in [1.29, 1.82) is 0 Å². The molecule has 1 saturated heterocycles. The van der Waals surface area contributed by atoms with Crippen LogP contribution in [0.15, 0.2) is 29.6 Å². The molecule has 0 aliphatic carbocycles. The van der Waals surface area contributed by atoms with E-state index in [2.05, 4.69) is 23.1 Å². The van der Waals surface area contributed by atoms with Gasteiger partial charge in [-0.05, 0) is 47.7 Å². The maximum Gasteiger partial charge on any atom is 0.573 e. The van der Waals surface area contributed by atoms with E-state index in [0.29, 0.717) is 6.42 Å². The molecule has 2 atom stereocenters. The molecule has 2 aliphatic heterocycles.